The SMILES string of the molecule is O=C1CC(Nc2ccc(F)cn2)CN1. The summed E-state index contributed by atoms with van der Waals surface area (Å²) >= 11 is 0. The van der Waals surface area contributed by atoms with Crippen molar-refractivity contribution in [1.82, 2.24) is 10.3 Å². The van der Waals surface area contributed by atoms with Crippen molar-refractivity contribution >= 4 is 11.7 Å². The lowest BCUT2D eigenvalue weighted by molar-refractivity contribution is -0.119. The average Bonchev–Trinajstić information content (AvgIpc) is 2.56. The Hall–Kier alpha value is -1.65. The maximum atomic E-state index is 12.5. The molecule has 1 amide bonds. The van der Waals surface area contributed by atoms with Gasteiger partial charge in [0.05, 0.1) is 12.2 Å². The van der Waals surface area contributed by atoms with E-state index in [0.29, 0.717) is 18.8 Å². The third kappa shape index (κ3) is 1.99. The smallest absolute Gasteiger partial charge is 0.222 e. The van der Waals surface area contributed by atoms with E-state index < -0.39 is 0 Å². The van der Waals surface area contributed by atoms with Crippen LogP contribution in [-0.4, -0.2) is 23.5 Å². The molecule has 1 aliphatic heterocycles. The van der Waals surface area contributed by atoms with E-state index in [1.54, 1.807) is 6.07 Å². The molecule has 1 atom stereocenters. The van der Waals surface area contributed by atoms with Gasteiger partial charge in [-0.2, -0.15) is 0 Å². The lowest BCUT2D eigenvalue weighted by Crippen LogP contribution is -2.22. The van der Waals surface area contributed by atoms with Crippen LogP contribution in [0.2, 0.25) is 0 Å². The number of nitrogens with one attached hydrogen (secondary N) is 2. The highest BCUT2D eigenvalue weighted by Crippen LogP contribution is 2.09. The second-order valence-electron chi connectivity index (χ2n) is 3.21. The number of hydrogen-bond donors (Lipinski definition) is 2. The maximum Gasteiger partial charge on any atom is 0.222 e. The number of pyridine rings is 1. The molecular formula is C9H10FN3O. The summed E-state index contributed by atoms with van der Waals surface area (Å²) in [6, 6.07) is 2.94. The zero-order valence-electron chi connectivity index (χ0n) is 7.46. The quantitative estimate of drug-likeness (QED) is 0.723. The third-order valence-corrected chi connectivity index (χ3v) is 2.06. The molecule has 14 heavy (non-hydrogen) atoms. The van der Waals surface area contributed by atoms with Crippen molar-refractivity contribution in [2.75, 3.05) is 11.9 Å². The summed E-state index contributed by atoms with van der Waals surface area (Å²) in [7, 11) is 0. The van der Waals surface area contributed by atoms with Crippen molar-refractivity contribution in [3.05, 3.63) is 24.1 Å². The van der Waals surface area contributed by atoms with Crippen molar-refractivity contribution in [2.45, 2.75) is 12.5 Å². The Balaban J connectivity index is 1.97. The molecule has 1 aromatic heterocycles. The molecule has 1 unspecified atom stereocenters. The molecule has 0 bridgehead atoms. The van der Waals surface area contributed by atoms with Gasteiger partial charge in [-0.15, -0.1) is 0 Å². The van der Waals surface area contributed by atoms with E-state index in [1.807, 2.05) is 0 Å². The third-order valence-electron chi connectivity index (χ3n) is 2.06. The molecule has 1 saturated heterocycles. The standard InChI is InChI=1S/C9H10FN3O/c10-6-1-2-8(11-4-6)13-7-3-9(14)12-5-7/h1-2,4,7H,3,5H2,(H,11,13)(H,12,14). The number of amides is 1. The van der Waals surface area contributed by atoms with Crippen molar-refractivity contribution in [1.29, 1.82) is 0 Å². The number of nitrogens with zero attached hydrogens (tertiary/aromatic N) is 1. The van der Waals surface area contributed by atoms with Gasteiger partial charge in [-0.1, -0.05) is 0 Å². The molecule has 0 saturated carbocycles. The van der Waals surface area contributed by atoms with Gasteiger partial charge in [-0.3, -0.25) is 4.79 Å². The van der Waals surface area contributed by atoms with E-state index in [1.165, 1.54) is 6.07 Å². The first kappa shape index (κ1) is 8.93. The van der Waals surface area contributed by atoms with Crippen molar-refractivity contribution in [3.8, 4) is 0 Å². The number of carbonyl (C=O) groups excluding carboxylic acids is 1. The Morgan fingerprint density at radius 3 is 3.00 bits per heavy atom. The molecule has 0 aromatic carbocycles. The fourth-order valence-corrected chi connectivity index (χ4v) is 1.38. The topological polar surface area (TPSA) is 54.0 Å². The van der Waals surface area contributed by atoms with Crippen LogP contribution in [0, 0.1) is 5.82 Å². The van der Waals surface area contributed by atoms with Crippen LogP contribution in [0.5, 0.6) is 0 Å². The Bertz CT molecular complexity index is 338. The van der Waals surface area contributed by atoms with Gasteiger partial charge in [0.25, 0.3) is 0 Å². The zero-order chi connectivity index (χ0) is 9.97. The van der Waals surface area contributed by atoms with E-state index in [2.05, 4.69) is 15.6 Å². The molecule has 2 heterocycles. The van der Waals surface area contributed by atoms with Crippen LogP contribution in [0.15, 0.2) is 18.3 Å². The lowest BCUT2D eigenvalue weighted by Gasteiger charge is -2.10. The number of aromatic nitrogens is 1. The van der Waals surface area contributed by atoms with Gasteiger partial charge in [0.1, 0.15) is 11.6 Å². The number of rotatable bonds is 2. The zero-order valence-corrected chi connectivity index (χ0v) is 7.46. The van der Waals surface area contributed by atoms with E-state index in [0.717, 1.165) is 6.20 Å². The molecule has 0 aliphatic carbocycles. The van der Waals surface area contributed by atoms with Gasteiger partial charge in [0.2, 0.25) is 5.91 Å². The summed E-state index contributed by atoms with van der Waals surface area (Å²) in [6.07, 6.45) is 1.59. The monoisotopic (exact) mass is 195 g/mol. The molecule has 0 spiro atoms. The summed E-state index contributed by atoms with van der Waals surface area (Å²) in [6.45, 7) is 0.595. The first-order valence-corrected chi connectivity index (χ1v) is 4.39. The predicted octanol–water partition coefficient (Wildman–Crippen LogP) is 0.521. The minimum absolute atomic E-state index is 0.0320. The highest BCUT2D eigenvalue weighted by atomic mass is 19.1. The van der Waals surface area contributed by atoms with Crippen LogP contribution in [0.4, 0.5) is 10.2 Å². The lowest BCUT2D eigenvalue weighted by atomic mass is 10.2. The van der Waals surface area contributed by atoms with Crippen LogP contribution in [-0.2, 0) is 4.79 Å². The molecule has 1 fully saturated rings. The maximum absolute atomic E-state index is 12.5. The molecule has 5 heteroatoms. The molecule has 74 valence electrons. The normalized spacial score (nSPS) is 20.6. The number of carbonyl (C=O) groups is 1. The summed E-state index contributed by atoms with van der Waals surface area (Å²) in [5, 5.41) is 5.74. The Morgan fingerprint density at radius 2 is 2.43 bits per heavy atom. The van der Waals surface area contributed by atoms with Gasteiger partial charge in [-0.25, -0.2) is 9.37 Å². The van der Waals surface area contributed by atoms with E-state index >= 15 is 0 Å². The van der Waals surface area contributed by atoms with Gasteiger partial charge in [0, 0.05) is 13.0 Å². The van der Waals surface area contributed by atoms with Gasteiger partial charge < -0.3 is 10.6 Å². The Kier molecular flexibility index (Phi) is 2.30. The number of halogens is 1. The van der Waals surface area contributed by atoms with Crippen molar-refractivity contribution in [2.24, 2.45) is 0 Å². The predicted molar refractivity (Wildman–Crippen MR) is 49.2 cm³/mol. The van der Waals surface area contributed by atoms with Crippen LogP contribution in [0.3, 0.4) is 0 Å². The summed E-state index contributed by atoms with van der Waals surface area (Å²) < 4.78 is 12.5. The number of anilines is 1. The minimum atomic E-state index is -0.365. The van der Waals surface area contributed by atoms with Gasteiger partial charge >= 0.3 is 0 Å². The van der Waals surface area contributed by atoms with E-state index in [-0.39, 0.29) is 17.8 Å². The summed E-state index contributed by atoms with van der Waals surface area (Å²) in [5.41, 5.74) is 0. The second kappa shape index (κ2) is 3.61. The molecular weight excluding hydrogens is 185 g/mol. The van der Waals surface area contributed by atoms with Gasteiger partial charge in [0.15, 0.2) is 0 Å². The summed E-state index contributed by atoms with van der Waals surface area (Å²) in [5.74, 6) is 0.258. The fraction of sp³-hybridized carbons (Fsp3) is 0.333. The van der Waals surface area contributed by atoms with E-state index in [4.69, 9.17) is 0 Å². The second-order valence-corrected chi connectivity index (χ2v) is 3.21. The minimum Gasteiger partial charge on any atom is -0.365 e. The van der Waals surface area contributed by atoms with Crippen LogP contribution >= 0.6 is 0 Å². The molecule has 2 rings (SSSR count). The van der Waals surface area contributed by atoms with E-state index in [9.17, 15) is 9.18 Å². The molecule has 1 aromatic rings. The first-order valence-electron chi connectivity index (χ1n) is 4.39. The number of hydrogen-bond acceptors (Lipinski definition) is 3. The molecule has 0 radical (unpaired) electrons. The van der Waals surface area contributed by atoms with Gasteiger partial charge in [-0.05, 0) is 12.1 Å². The summed E-state index contributed by atoms with van der Waals surface area (Å²) in [4.78, 5) is 14.7. The van der Waals surface area contributed by atoms with Crippen molar-refractivity contribution < 1.29 is 9.18 Å². The molecule has 1 aliphatic rings. The van der Waals surface area contributed by atoms with Crippen LogP contribution < -0.4 is 10.6 Å². The first-order chi connectivity index (χ1) is 6.74. The van der Waals surface area contributed by atoms with Crippen LogP contribution in [0.25, 0.3) is 0 Å². The highest BCUT2D eigenvalue weighted by molar-refractivity contribution is 5.79. The average molecular weight is 195 g/mol. The largest absolute Gasteiger partial charge is 0.365 e. The highest BCUT2D eigenvalue weighted by Gasteiger charge is 2.20. The van der Waals surface area contributed by atoms with Crippen LogP contribution in [0.1, 0.15) is 6.42 Å². The Morgan fingerprint density at radius 1 is 1.57 bits per heavy atom. The fourth-order valence-electron chi connectivity index (χ4n) is 1.38. The molecule has 2 N–H and O–H groups in total. The Labute approximate surface area is 80.5 Å². The molecule has 4 nitrogen and oxygen atoms in total. The van der Waals surface area contributed by atoms with Crippen molar-refractivity contribution in [3.63, 3.8) is 0 Å².